The number of nitrogens with two attached hydrogens (primary N) is 1. The van der Waals surface area contributed by atoms with E-state index in [1.54, 1.807) is 0 Å². The number of carbonyl (C=O) groups is 2. The first-order chi connectivity index (χ1) is 20.4. The number of rotatable bonds is 9. The van der Waals surface area contributed by atoms with Gasteiger partial charge in [0, 0.05) is 67.7 Å². The number of amides is 2. The van der Waals surface area contributed by atoms with Crippen LogP contribution in [0, 0.1) is 5.92 Å². The lowest BCUT2D eigenvalue weighted by atomic mass is 9.90. The Hall–Kier alpha value is -4.23. The van der Waals surface area contributed by atoms with Crippen molar-refractivity contribution in [1.29, 1.82) is 0 Å². The maximum atomic E-state index is 13.4. The number of aliphatic imine (C=N–C) groups is 1. The summed E-state index contributed by atoms with van der Waals surface area (Å²) in [6.45, 7) is 6.77. The Balaban J connectivity index is 1.33. The number of aliphatic hydroxyl groups excluding tert-OH is 1. The highest BCUT2D eigenvalue weighted by atomic mass is 16.3. The third-order valence-electron chi connectivity index (χ3n) is 8.20. The predicted molar refractivity (Wildman–Crippen MR) is 169 cm³/mol. The van der Waals surface area contributed by atoms with Gasteiger partial charge in [0.05, 0.1) is 5.69 Å². The summed E-state index contributed by atoms with van der Waals surface area (Å²) < 4.78 is 0. The van der Waals surface area contributed by atoms with E-state index in [4.69, 9.17) is 5.73 Å². The second-order valence-corrected chi connectivity index (χ2v) is 11.3. The van der Waals surface area contributed by atoms with Crippen molar-refractivity contribution in [2.45, 2.75) is 39.0 Å². The van der Waals surface area contributed by atoms with Gasteiger partial charge in [0.15, 0.2) is 0 Å². The number of hydrogen-bond donors (Lipinski definition) is 2. The highest BCUT2D eigenvalue weighted by molar-refractivity contribution is 6.05. The molecule has 2 atom stereocenters. The zero-order chi connectivity index (χ0) is 29.6. The van der Waals surface area contributed by atoms with Crippen molar-refractivity contribution in [3.8, 4) is 11.1 Å². The number of benzene rings is 3. The molecule has 0 radical (unpaired) electrons. The number of carbonyl (C=O) groups excluding carboxylic acids is 2. The molecule has 5 rings (SSSR count). The fourth-order valence-electron chi connectivity index (χ4n) is 6.05. The maximum absolute atomic E-state index is 13.4. The molecule has 2 heterocycles. The lowest BCUT2D eigenvalue weighted by Gasteiger charge is -2.22. The fourth-order valence-corrected chi connectivity index (χ4v) is 6.05. The first-order valence-electron chi connectivity index (χ1n) is 14.9. The molecule has 0 saturated carbocycles. The molecule has 2 unspecified atom stereocenters. The van der Waals surface area contributed by atoms with E-state index in [1.807, 2.05) is 76.5 Å². The van der Waals surface area contributed by atoms with Gasteiger partial charge in [-0.2, -0.15) is 0 Å². The normalized spacial score (nSPS) is 18.1. The summed E-state index contributed by atoms with van der Waals surface area (Å²) in [4.78, 5) is 35.1. The minimum Gasteiger partial charge on any atom is -0.396 e. The van der Waals surface area contributed by atoms with Crippen molar-refractivity contribution in [2.24, 2.45) is 16.6 Å². The van der Waals surface area contributed by atoms with Gasteiger partial charge in [0.2, 0.25) is 5.91 Å². The smallest absolute Gasteiger partial charge is 0.253 e. The molecule has 0 spiro atoms. The van der Waals surface area contributed by atoms with Gasteiger partial charge in [0.25, 0.3) is 5.91 Å². The van der Waals surface area contributed by atoms with Crippen LogP contribution in [-0.2, 0) is 4.79 Å². The van der Waals surface area contributed by atoms with Gasteiger partial charge >= 0.3 is 0 Å². The molecule has 2 aliphatic heterocycles. The van der Waals surface area contributed by atoms with Crippen molar-refractivity contribution in [3.05, 3.63) is 95.1 Å². The van der Waals surface area contributed by atoms with Crippen molar-refractivity contribution in [2.75, 3.05) is 32.8 Å². The van der Waals surface area contributed by atoms with E-state index in [0.717, 1.165) is 53.9 Å². The predicted octanol–water partition coefficient (Wildman–Crippen LogP) is 5.63. The molecule has 3 N–H and O–H groups in total. The minimum atomic E-state index is -0.0275. The number of aliphatic hydroxyl groups is 1. The average Bonchev–Trinajstić information content (AvgIpc) is 3.38. The van der Waals surface area contributed by atoms with E-state index in [0.29, 0.717) is 36.5 Å². The Labute approximate surface area is 248 Å². The molecule has 0 bridgehead atoms. The van der Waals surface area contributed by atoms with Crippen LogP contribution in [0.1, 0.15) is 60.5 Å². The van der Waals surface area contributed by atoms with Gasteiger partial charge in [-0.1, -0.05) is 68.4 Å². The summed E-state index contributed by atoms with van der Waals surface area (Å²) >= 11 is 0. The molecular weight excluding hydrogens is 524 g/mol. The number of hydrogen-bond acceptors (Lipinski definition) is 5. The highest BCUT2D eigenvalue weighted by Crippen LogP contribution is 2.35. The van der Waals surface area contributed by atoms with E-state index in [1.165, 1.54) is 0 Å². The summed E-state index contributed by atoms with van der Waals surface area (Å²) in [6.07, 6.45) is 4.05. The molecule has 218 valence electrons. The van der Waals surface area contributed by atoms with Crippen molar-refractivity contribution < 1.29 is 14.7 Å². The third-order valence-corrected chi connectivity index (χ3v) is 8.20. The van der Waals surface area contributed by atoms with Crippen LogP contribution in [0.2, 0.25) is 0 Å². The lowest BCUT2D eigenvalue weighted by molar-refractivity contribution is -0.127. The quantitative estimate of drug-likeness (QED) is 0.352. The average molecular weight is 565 g/mol. The number of fused-ring (bicyclic) bond motifs is 1. The standard InChI is InChI=1S/C35H40N4O3/c1-3-16-38(17-4-2)35(42)29-18-28-15-14-27(19-32(28)37-33(36)20-29)24-10-12-26(13-11-24)34(41)39-21-30(23-40)31(22-39)25-8-6-5-7-9-25/h5-15,18-19,30-31,40H,3-4,16-17,20-23H2,1-2H3,(H2,36,37). The molecule has 7 nitrogen and oxygen atoms in total. The van der Waals surface area contributed by atoms with E-state index in [2.05, 4.69) is 31.0 Å². The van der Waals surface area contributed by atoms with Crippen LogP contribution in [0.25, 0.3) is 17.2 Å². The van der Waals surface area contributed by atoms with E-state index in [9.17, 15) is 14.7 Å². The Morgan fingerprint density at radius 1 is 0.952 bits per heavy atom. The fraction of sp³-hybridized carbons (Fsp3) is 0.343. The van der Waals surface area contributed by atoms with Gasteiger partial charge in [0.1, 0.15) is 5.84 Å². The first-order valence-corrected chi connectivity index (χ1v) is 14.9. The highest BCUT2D eigenvalue weighted by Gasteiger charge is 2.36. The summed E-state index contributed by atoms with van der Waals surface area (Å²) in [7, 11) is 0. The molecule has 0 aliphatic carbocycles. The van der Waals surface area contributed by atoms with E-state index >= 15 is 0 Å². The van der Waals surface area contributed by atoms with E-state index < -0.39 is 0 Å². The second kappa shape index (κ2) is 13.2. The van der Waals surface area contributed by atoms with Crippen LogP contribution in [0.15, 0.2) is 83.4 Å². The van der Waals surface area contributed by atoms with E-state index in [-0.39, 0.29) is 30.3 Å². The van der Waals surface area contributed by atoms with Gasteiger partial charge in [-0.15, -0.1) is 0 Å². The van der Waals surface area contributed by atoms with Gasteiger partial charge < -0.3 is 20.6 Å². The molecule has 1 fully saturated rings. The Bertz CT molecular complexity index is 1470. The van der Waals surface area contributed by atoms with Crippen molar-refractivity contribution in [1.82, 2.24) is 9.80 Å². The Morgan fingerprint density at radius 2 is 1.64 bits per heavy atom. The monoisotopic (exact) mass is 564 g/mol. The zero-order valence-electron chi connectivity index (χ0n) is 24.5. The molecule has 2 aliphatic rings. The summed E-state index contributed by atoms with van der Waals surface area (Å²) in [5.41, 5.74) is 12.2. The third kappa shape index (κ3) is 6.31. The van der Waals surface area contributed by atoms with Crippen LogP contribution >= 0.6 is 0 Å². The van der Waals surface area contributed by atoms with Crippen molar-refractivity contribution in [3.63, 3.8) is 0 Å². The van der Waals surface area contributed by atoms with Gasteiger partial charge in [-0.3, -0.25) is 9.59 Å². The SMILES string of the molecule is CCCN(CCC)C(=O)C1=Cc2ccc(-c3ccc(C(=O)N4CC(CO)C(c5ccccc5)C4)cc3)cc2N=C(N)C1. The largest absolute Gasteiger partial charge is 0.396 e. The molecular formula is C35H40N4O3. The number of likely N-dealkylation sites (tertiary alicyclic amines) is 1. The van der Waals surface area contributed by atoms with Crippen LogP contribution in [0.4, 0.5) is 5.69 Å². The summed E-state index contributed by atoms with van der Waals surface area (Å²) in [5.74, 6) is 0.556. The van der Waals surface area contributed by atoms with Crippen molar-refractivity contribution >= 4 is 29.4 Å². The Kier molecular flexibility index (Phi) is 9.18. The lowest BCUT2D eigenvalue weighted by Crippen LogP contribution is -2.34. The molecule has 3 aromatic carbocycles. The summed E-state index contributed by atoms with van der Waals surface area (Å²) in [6, 6.07) is 23.7. The second-order valence-electron chi connectivity index (χ2n) is 11.3. The molecule has 1 saturated heterocycles. The minimum absolute atomic E-state index is 0.0208. The molecule has 2 amide bonds. The van der Waals surface area contributed by atoms with Crippen LogP contribution in [0.3, 0.4) is 0 Å². The number of amidine groups is 1. The molecule has 7 heteroatoms. The number of nitrogens with zero attached hydrogens (tertiary/aromatic N) is 3. The van der Waals surface area contributed by atoms with Crippen LogP contribution in [0.5, 0.6) is 0 Å². The van der Waals surface area contributed by atoms with Gasteiger partial charge in [-0.05, 0) is 53.8 Å². The molecule has 0 aromatic heterocycles. The maximum Gasteiger partial charge on any atom is 0.253 e. The molecule has 42 heavy (non-hydrogen) atoms. The van der Waals surface area contributed by atoms with Crippen LogP contribution in [-0.4, -0.2) is 65.3 Å². The summed E-state index contributed by atoms with van der Waals surface area (Å²) in [5, 5.41) is 9.98. The topological polar surface area (TPSA) is 99.2 Å². The first kappa shape index (κ1) is 29.3. The zero-order valence-corrected chi connectivity index (χ0v) is 24.5. The van der Waals surface area contributed by atoms with Crippen LogP contribution < -0.4 is 5.73 Å². The van der Waals surface area contributed by atoms with Gasteiger partial charge in [-0.25, -0.2) is 4.99 Å². The Morgan fingerprint density at radius 3 is 2.31 bits per heavy atom. The molecule has 3 aromatic rings.